The minimum absolute atomic E-state index is 0. The smallest absolute Gasteiger partial charge is 0.483 e. The first-order valence-electron chi connectivity index (χ1n) is 2.25. The zero-order chi connectivity index (χ0) is 6.95. The molecule has 0 saturated heterocycles. The third-order valence-electron chi connectivity index (χ3n) is 0.514. The van der Waals surface area contributed by atoms with Gasteiger partial charge in [0.2, 0.25) is 0 Å². The number of aromatic nitrogens is 1. The molecular weight excluding hydrogens is 125 g/mol. The van der Waals surface area contributed by atoms with Crippen LogP contribution in [-0.2, 0) is 4.79 Å². The van der Waals surface area contributed by atoms with Gasteiger partial charge in [0.1, 0.15) is 0 Å². The number of carboxylic acid groups (broad SMARTS) is 1. The fraction of sp³-hybridized carbons (Fsp3) is 0. The Morgan fingerprint density at radius 3 is 2.30 bits per heavy atom. The van der Waals surface area contributed by atoms with Crippen molar-refractivity contribution in [1.82, 2.24) is 4.98 Å². The molecule has 1 N–H and O–H groups in total. The zero-order valence-electron chi connectivity index (χ0n) is 5.69. The summed E-state index contributed by atoms with van der Waals surface area (Å²) in [7, 11) is 0. The monoisotopic (exact) mass is 131 g/mol. The molecule has 0 aliphatic rings. The number of rotatable bonds is 0. The first kappa shape index (κ1) is 11.9. The van der Waals surface area contributed by atoms with E-state index in [2.05, 4.69) is 11.1 Å². The van der Waals surface area contributed by atoms with Gasteiger partial charge in [-0.15, -0.1) is 0 Å². The zero-order valence-corrected chi connectivity index (χ0v) is 5.69. The second kappa shape index (κ2) is 11.1. The number of hydrogen-bond donors (Lipinski definition) is 1. The first-order chi connectivity index (χ1) is 4.41. The van der Waals surface area contributed by atoms with Crippen LogP contribution in [0.4, 0.5) is 0 Å². The molecule has 0 aliphatic carbocycles. The van der Waals surface area contributed by atoms with Crippen molar-refractivity contribution in [2.75, 3.05) is 0 Å². The molecule has 0 fully saturated rings. The number of hydrogen-bond acceptors (Lipinski definition) is 2. The Hall–Kier alpha value is -0.783. The van der Waals surface area contributed by atoms with Crippen LogP contribution in [0.2, 0.25) is 0 Å². The summed E-state index contributed by atoms with van der Waals surface area (Å²) in [6.45, 7) is -0.250. The van der Waals surface area contributed by atoms with Gasteiger partial charge in [-0.2, -0.15) is 6.07 Å². The topological polar surface area (TPSA) is 50.2 Å². The van der Waals surface area contributed by atoms with Crippen LogP contribution < -0.4 is 18.9 Å². The molecule has 0 unspecified atom stereocenters. The van der Waals surface area contributed by atoms with E-state index in [1.165, 1.54) is 0 Å². The fourth-order valence-corrected chi connectivity index (χ4v) is 0.277. The van der Waals surface area contributed by atoms with Gasteiger partial charge < -0.3 is 10.1 Å². The van der Waals surface area contributed by atoms with Crippen molar-refractivity contribution in [3.63, 3.8) is 0 Å². The van der Waals surface area contributed by atoms with Crippen LogP contribution in [0.3, 0.4) is 0 Å². The van der Waals surface area contributed by atoms with Crippen molar-refractivity contribution in [1.29, 1.82) is 0 Å². The van der Waals surface area contributed by atoms with E-state index in [-0.39, 0.29) is 25.3 Å². The Bertz CT molecular complexity index is 119. The van der Waals surface area contributed by atoms with E-state index in [0.29, 0.717) is 0 Å². The molecule has 0 radical (unpaired) electrons. The molecular formula is C6H6LiNO2. The van der Waals surface area contributed by atoms with Gasteiger partial charge in [-0.05, 0) is 0 Å². The summed E-state index contributed by atoms with van der Waals surface area (Å²) >= 11 is 0. The van der Waals surface area contributed by atoms with Gasteiger partial charge in [-0.1, -0.05) is 12.4 Å². The van der Waals surface area contributed by atoms with E-state index in [4.69, 9.17) is 9.90 Å². The second-order valence-electron chi connectivity index (χ2n) is 1.06. The van der Waals surface area contributed by atoms with Crippen molar-refractivity contribution in [2.24, 2.45) is 0 Å². The summed E-state index contributed by atoms with van der Waals surface area (Å²) in [6, 6.07) is 6.43. The molecule has 48 valence electrons. The molecule has 4 heteroatoms. The van der Waals surface area contributed by atoms with E-state index in [1.54, 1.807) is 12.4 Å². The summed E-state index contributed by atoms with van der Waals surface area (Å²) in [5.74, 6) is 0. The van der Waals surface area contributed by atoms with Crippen molar-refractivity contribution < 1.29 is 28.8 Å². The predicted molar refractivity (Wildman–Crippen MR) is 31.8 cm³/mol. The third kappa shape index (κ3) is 10.2. The van der Waals surface area contributed by atoms with Gasteiger partial charge in [0.25, 0.3) is 6.47 Å². The van der Waals surface area contributed by atoms with Gasteiger partial charge in [0.05, 0.1) is 0 Å². The minimum Gasteiger partial charge on any atom is -0.483 e. The first-order valence-corrected chi connectivity index (χ1v) is 2.25. The number of carbonyl (C=O) groups is 1. The van der Waals surface area contributed by atoms with Crippen LogP contribution in [0, 0.1) is 6.07 Å². The molecule has 0 saturated carbocycles. The van der Waals surface area contributed by atoms with Crippen molar-refractivity contribution >= 4 is 6.47 Å². The van der Waals surface area contributed by atoms with Crippen molar-refractivity contribution in [3.05, 3.63) is 30.6 Å². The van der Waals surface area contributed by atoms with Gasteiger partial charge in [0.15, 0.2) is 0 Å². The average Bonchev–Trinajstić information content (AvgIpc) is 1.93. The Morgan fingerprint density at radius 1 is 1.60 bits per heavy atom. The molecule has 1 heterocycles. The summed E-state index contributed by atoms with van der Waals surface area (Å²) in [6.07, 6.45) is 3.34. The molecule has 0 bridgehead atoms. The fourth-order valence-electron chi connectivity index (χ4n) is 0.277. The Morgan fingerprint density at radius 2 is 2.20 bits per heavy atom. The quantitative estimate of drug-likeness (QED) is 0.242. The third-order valence-corrected chi connectivity index (χ3v) is 0.514. The maximum Gasteiger partial charge on any atom is 1.00 e. The molecule has 0 aromatic carbocycles. The van der Waals surface area contributed by atoms with Crippen molar-refractivity contribution in [3.8, 4) is 0 Å². The SMILES string of the molecule is O=CO.[Li+].[c-]1cccnc1. The molecule has 1 aromatic heterocycles. The molecule has 0 atom stereocenters. The van der Waals surface area contributed by atoms with Crippen LogP contribution in [0.15, 0.2) is 24.5 Å². The minimum atomic E-state index is -0.250. The van der Waals surface area contributed by atoms with E-state index < -0.39 is 0 Å². The summed E-state index contributed by atoms with van der Waals surface area (Å²) in [5, 5.41) is 6.89. The van der Waals surface area contributed by atoms with Crippen molar-refractivity contribution in [2.45, 2.75) is 0 Å². The number of pyridine rings is 1. The average molecular weight is 131 g/mol. The second-order valence-corrected chi connectivity index (χ2v) is 1.06. The van der Waals surface area contributed by atoms with Crippen LogP contribution >= 0.6 is 0 Å². The Labute approximate surface area is 71.3 Å². The molecule has 1 aromatic rings. The van der Waals surface area contributed by atoms with Crippen LogP contribution in [0.5, 0.6) is 0 Å². The van der Waals surface area contributed by atoms with Crippen LogP contribution in [0.25, 0.3) is 0 Å². The van der Waals surface area contributed by atoms with Gasteiger partial charge in [-0.3, -0.25) is 4.79 Å². The molecule has 0 spiro atoms. The molecule has 10 heavy (non-hydrogen) atoms. The van der Waals surface area contributed by atoms with Gasteiger partial charge >= 0.3 is 18.9 Å². The van der Waals surface area contributed by atoms with Gasteiger partial charge in [0, 0.05) is 0 Å². The Kier molecular flexibility index (Phi) is 13.2. The standard InChI is InChI=1S/C5H4N.CH2O2.Li/c1-2-4-6-5-3-1;2-1-3;/h1-2,4-5H;1H,(H,2,3);/q-1;;+1. The van der Waals surface area contributed by atoms with Gasteiger partial charge in [-0.25, -0.2) is 12.1 Å². The van der Waals surface area contributed by atoms with E-state index in [1.807, 2.05) is 12.1 Å². The van der Waals surface area contributed by atoms with E-state index in [0.717, 1.165) is 0 Å². The maximum atomic E-state index is 8.36. The summed E-state index contributed by atoms with van der Waals surface area (Å²) < 4.78 is 0. The normalized spacial score (nSPS) is 6.00. The molecule has 3 nitrogen and oxygen atoms in total. The molecule has 1 rings (SSSR count). The largest absolute Gasteiger partial charge is 1.00 e. The van der Waals surface area contributed by atoms with Crippen LogP contribution in [0.1, 0.15) is 0 Å². The summed E-state index contributed by atoms with van der Waals surface area (Å²) in [5.41, 5.74) is 0. The maximum absolute atomic E-state index is 8.36. The predicted octanol–water partition coefficient (Wildman–Crippen LogP) is -2.41. The van der Waals surface area contributed by atoms with E-state index >= 15 is 0 Å². The van der Waals surface area contributed by atoms with E-state index in [9.17, 15) is 0 Å². The molecule has 0 aliphatic heterocycles. The summed E-state index contributed by atoms with van der Waals surface area (Å²) in [4.78, 5) is 12.1. The Balaban J connectivity index is 0. The molecule has 0 amide bonds. The van der Waals surface area contributed by atoms with Crippen LogP contribution in [-0.4, -0.2) is 16.6 Å². The number of nitrogens with zero attached hydrogens (tertiary/aromatic N) is 1.